The molecule has 2 heteroatoms. The highest BCUT2D eigenvalue weighted by Gasteiger charge is 2.02. The van der Waals surface area contributed by atoms with Gasteiger partial charge in [0.15, 0.2) is 0 Å². The van der Waals surface area contributed by atoms with Crippen LogP contribution in [0.4, 0.5) is 5.69 Å². The van der Waals surface area contributed by atoms with Crippen molar-refractivity contribution >= 4 is 5.69 Å². The van der Waals surface area contributed by atoms with E-state index < -0.39 is 0 Å². The van der Waals surface area contributed by atoms with Crippen molar-refractivity contribution in [1.29, 1.82) is 5.26 Å². The maximum absolute atomic E-state index is 8.80. The van der Waals surface area contributed by atoms with Gasteiger partial charge in [0.1, 0.15) is 6.07 Å². The summed E-state index contributed by atoms with van der Waals surface area (Å²) in [5.41, 5.74) is 2.51. The summed E-state index contributed by atoms with van der Waals surface area (Å²) in [6.07, 6.45) is 5.12. The van der Waals surface area contributed by atoms with E-state index in [1.807, 2.05) is 19.1 Å². The van der Waals surface area contributed by atoms with Gasteiger partial charge < -0.3 is 5.32 Å². The molecule has 0 atom stereocenters. The predicted octanol–water partition coefficient (Wildman–Crippen LogP) is 1.91. The molecule has 0 aliphatic heterocycles. The minimum atomic E-state index is 0.444. The Bertz CT molecular complexity index is 380. The molecule has 1 rings (SSSR count). The molecule has 0 aliphatic carbocycles. The summed E-state index contributed by atoms with van der Waals surface area (Å²) in [6.45, 7) is 2.39. The third kappa shape index (κ3) is 2.01. The smallest absolute Gasteiger partial charge is 0.101 e. The lowest BCUT2D eigenvalue weighted by Gasteiger charge is -2.07. The van der Waals surface area contributed by atoms with Crippen LogP contribution >= 0.6 is 0 Å². The topological polar surface area (TPSA) is 35.8 Å². The molecule has 0 fully saturated rings. The molecule has 0 saturated carbocycles. The number of rotatable bonds is 2. The van der Waals surface area contributed by atoms with Crippen molar-refractivity contribution in [2.45, 2.75) is 6.92 Å². The highest BCUT2D eigenvalue weighted by atomic mass is 14.9. The first-order valence-corrected chi connectivity index (χ1v) is 3.96. The van der Waals surface area contributed by atoms with E-state index in [1.165, 1.54) is 0 Å². The van der Waals surface area contributed by atoms with Gasteiger partial charge in [-0.05, 0) is 18.6 Å². The zero-order valence-electron chi connectivity index (χ0n) is 7.46. The largest absolute Gasteiger partial charge is 0.373 e. The van der Waals surface area contributed by atoms with E-state index >= 15 is 0 Å². The predicted molar refractivity (Wildman–Crippen MR) is 53.2 cm³/mol. The highest BCUT2D eigenvalue weighted by molar-refractivity contribution is 5.62. The van der Waals surface area contributed by atoms with Crippen LogP contribution in [0.15, 0.2) is 18.2 Å². The van der Waals surface area contributed by atoms with E-state index in [0.717, 1.165) is 11.3 Å². The lowest BCUT2D eigenvalue weighted by molar-refractivity contribution is 1.31. The Morgan fingerprint density at radius 2 is 2.31 bits per heavy atom. The maximum atomic E-state index is 8.80. The van der Waals surface area contributed by atoms with Crippen LogP contribution in [0.1, 0.15) is 11.1 Å². The summed E-state index contributed by atoms with van der Waals surface area (Å²) in [4.78, 5) is 0. The molecular formula is C11H10N2. The summed E-state index contributed by atoms with van der Waals surface area (Å²) in [5, 5.41) is 11.8. The Morgan fingerprint density at radius 3 is 2.92 bits per heavy atom. The van der Waals surface area contributed by atoms with Gasteiger partial charge in [-0.2, -0.15) is 5.26 Å². The summed E-state index contributed by atoms with van der Waals surface area (Å²) >= 11 is 0. The summed E-state index contributed by atoms with van der Waals surface area (Å²) in [5.74, 6) is 2.47. The van der Waals surface area contributed by atoms with Crippen molar-refractivity contribution in [3.63, 3.8) is 0 Å². The number of aryl methyl sites for hydroxylation is 1. The van der Waals surface area contributed by atoms with Crippen molar-refractivity contribution in [2.75, 3.05) is 11.9 Å². The molecule has 0 amide bonds. The Kier molecular flexibility index (Phi) is 2.95. The van der Waals surface area contributed by atoms with Crippen molar-refractivity contribution in [1.82, 2.24) is 0 Å². The summed E-state index contributed by atoms with van der Waals surface area (Å²) < 4.78 is 0. The van der Waals surface area contributed by atoms with E-state index in [1.54, 1.807) is 6.07 Å². The van der Waals surface area contributed by atoms with Crippen molar-refractivity contribution in [2.24, 2.45) is 0 Å². The molecule has 0 aromatic heterocycles. The highest BCUT2D eigenvalue weighted by Crippen LogP contribution is 2.18. The normalized spacial score (nSPS) is 8.54. The molecule has 1 aromatic carbocycles. The molecule has 13 heavy (non-hydrogen) atoms. The molecular weight excluding hydrogens is 160 g/mol. The van der Waals surface area contributed by atoms with Crippen LogP contribution in [0.2, 0.25) is 0 Å². The van der Waals surface area contributed by atoms with Crippen LogP contribution in [0, 0.1) is 30.6 Å². The number of hydrogen-bond acceptors (Lipinski definition) is 2. The van der Waals surface area contributed by atoms with Crippen LogP contribution < -0.4 is 5.32 Å². The van der Waals surface area contributed by atoms with E-state index in [-0.39, 0.29) is 0 Å². The second-order valence-corrected chi connectivity index (χ2v) is 2.67. The first kappa shape index (κ1) is 9.16. The molecule has 0 unspecified atom stereocenters. The number of anilines is 1. The van der Waals surface area contributed by atoms with Crippen LogP contribution in [0.3, 0.4) is 0 Å². The number of nitriles is 1. The quantitative estimate of drug-likeness (QED) is 0.688. The van der Waals surface area contributed by atoms with Crippen molar-refractivity contribution in [3.05, 3.63) is 29.3 Å². The van der Waals surface area contributed by atoms with E-state index in [4.69, 9.17) is 11.7 Å². The molecule has 0 aliphatic rings. The molecule has 0 bridgehead atoms. The zero-order valence-corrected chi connectivity index (χ0v) is 7.46. The van der Waals surface area contributed by atoms with Crippen molar-refractivity contribution < 1.29 is 0 Å². The first-order valence-electron chi connectivity index (χ1n) is 3.96. The SMILES string of the molecule is C#CCNc1c(C)cccc1C#N. The summed E-state index contributed by atoms with van der Waals surface area (Å²) in [6, 6.07) is 7.68. The minimum absolute atomic E-state index is 0.444. The van der Waals surface area contributed by atoms with Gasteiger partial charge in [0.2, 0.25) is 0 Å². The second kappa shape index (κ2) is 4.18. The average molecular weight is 170 g/mol. The Morgan fingerprint density at radius 1 is 1.54 bits per heavy atom. The minimum Gasteiger partial charge on any atom is -0.373 e. The van der Waals surface area contributed by atoms with Gasteiger partial charge in [-0.15, -0.1) is 6.42 Å². The number of benzene rings is 1. The van der Waals surface area contributed by atoms with Gasteiger partial charge in [-0.25, -0.2) is 0 Å². The zero-order chi connectivity index (χ0) is 9.68. The van der Waals surface area contributed by atoms with Crippen LogP contribution in [0.5, 0.6) is 0 Å². The fourth-order valence-corrected chi connectivity index (χ4v) is 1.13. The van der Waals surface area contributed by atoms with Crippen molar-refractivity contribution in [3.8, 4) is 18.4 Å². The van der Waals surface area contributed by atoms with Crippen LogP contribution in [-0.4, -0.2) is 6.54 Å². The van der Waals surface area contributed by atoms with Gasteiger partial charge in [0.25, 0.3) is 0 Å². The number of nitrogens with one attached hydrogen (secondary N) is 1. The number of para-hydroxylation sites is 1. The molecule has 0 radical (unpaired) electrons. The third-order valence-electron chi connectivity index (χ3n) is 1.76. The van der Waals surface area contributed by atoms with E-state index in [0.29, 0.717) is 12.1 Å². The lowest BCUT2D eigenvalue weighted by atomic mass is 10.1. The lowest BCUT2D eigenvalue weighted by Crippen LogP contribution is -2.02. The molecule has 0 saturated heterocycles. The standard InChI is InChI=1S/C11H10N2/c1-3-7-13-11-9(2)5-4-6-10(11)8-12/h1,4-6,13H,7H2,2H3. The van der Waals surface area contributed by atoms with Crippen LogP contribution in [0.25, 0.3) is 0 Å². The van der Waals surface area contributed by atoms with Gasteiger partial charge in [0, 0.05) is 0 Å². The molecule has 1 aromatic rings. The average Bonchev–Trinajstić information content (AvgIpc) is 2.15. The van der Waals surface area contributed by atoms with Gasteiger partial charge in [-0.1, -0.05) is 18.1 Å². The maximum Gasteiger partial charge on any atom is 0.101 e. The monoisotopic (exact) mass is 170 g/mol. The number of terminal acetylenes is 1. The first-order chi connectivity index (χ1) is 6.29. The molecule has 64 valence electrons. The Hall–Kier alpha value is -1.93. The van der Waals surface area contributed by atoms with E-state index in [9.17, 15) is 0 Å². The number of nitrogens with zero attached hydrogens (tertiary/aromatic N) is 1. The van der Waals surface area contributed by atoms with Gasteiger partial charge in [0.05, 0.1) is 17.8 Å². The van der Waals surface area contributed by atoms with E-state index in [2.05, 4.69) is 17.3 Å². The van der Waals surface area contributed by atoms with Crippen LogP contribution in [-0.2, 0) is 0 Å². The fraction of sp³-hybridized carbons (Fsp3) is 0.182. The Balaban J connectivity index is 3.04. The van der Waals surface area contributed by atoms with Gasteiger partial charge >= 0.3 is 0 Å². The Labute approximate surface area is 78.2 Å². The third-order valence-corrected chi connectivity index (χ3v) is 1.76. The fourth-order valence-electron chi connectivity index (χ4n) is 1.13. The molecule has 0 spiro atoms. The summed E-state index contributed by atoms with van der Waals surface area (Å²) in [7, 11) is 0. The molecule has 0 heterocycles. The number of hydrogen-bond donors (Lipinski definition) is 1. The second-order valence-electron chi connectivity index (χ2n) is 2.67. The molecule has 2 nitrogen and oxygen atoms in total. The molecule has 1 N–H and O–H groups in total. The van der Waals surface area contributed by atoms with Gasteiger partial charge in [-0.3, -0.25) is 0 Å².